The van der Waals surface area contributed by atoms with E-state index in [-0.39, 0.29) is 6.61 Å². The second-order valence-corrected chi connectivity index (χ2v) is 16.0. The van der Waals surface area contributed by atoms with Crippen LogP contribution in [-0.4, -0.2) is 98.7 Å². The molecule has 56 heavy (non-hydrogen) atoms. The van der Waals surface area contributed by atoms with E-state index >= 15 is 0 Å². The quantitative estimate of drug-likeness (QED) is 0.0242. The molecule has 328 valence electrons. The maximum atomic E-state index is 13.0. The van der Waals surface area contributed by atoms with Gasteiger partial charge in [-0.25, -0.2) is 0 Å². The molecule has 1 aliphatic heterocycles. The second-order valence-electron chi connectivity index (χ2n) is 16.0. The first-order valence-electron chi connectivity index (χ1n) is 22.8. The van der Waals surface area contributed by atoms with Crippen LogP contribution in [0, 0.1) is 0 Å². The fourth-order valence-electron chi connectivity index (χ4n) is 7.00. The number of rotatable bonds is 37. The minimum Gasteiger partial charge on any atom is -0.394 e. The first-order valence-corrected chi connectivity index (χ1v) is 22.8. The highest BCUT2D eigenvalue weighted by Crippen LogP contribution is 2.22. The van der Waals surface area contributed by atoms with E-state index in [4.69, 9.17) is 9.47 Å². The molecule has 1 fully saturated rings. The van der Waals surface area contributed by atoms with Crippen molar-refractivity contribution in [2.24, 2.45) is 0 Å². The van der Waals surface area contributed by atoms with E-state index in [9.17, 15) is 35.4 Å². The number of hydrogen-bond donors (Lipinski definition) is 7. The predicted octanol–water partition coefficient (Wildman–Crippen LogP) is 8.25. The largest absolute Gasteiger partial charge is 0.394 e. The summed E-state index contributed by atoms with van der Waals surface area (Å²) in [7, 11) is 0. The summed E-state index contributed by atoms with van der Waals surface area (Å²) in [6.07, 6.45) is 33.7. The number of allylic oxidation sites excluding steroid dienone is 5. The molecule has 0 saturated carbocycles. The lowest BCUT2D eigenvalue weighted by Gasteiger charge is -2.40. The van der Waals surface area contributed by atoms with Crippen molar-refractivity contribution in [3.63, 3.8) is 0 Å². The van der Waals surface area contributed by atoms with E-state index in [2.05, 4.69) is 43.5 Å². The smallest absolute Gasteiger partial charge is 0.249 e. The molecule has 0 bridgehead atoms. The Labute approximate surface area is 341 Å². The molecule has 1 saturated heterocycles. The van der Waals surface area contributed by atoms with Gasteiger partial charge in [-0.15, -0.1) is 0 Å². The summed E-state index contributed by atoms with van der Waals surface area (Å²) in [6, 6.07) is -0.997. The monoisotopic (exact) mass is 796 g/mol. The molecule has 10 heteroatoms. The van der Waals surface area contributed by atoms with Gasteiger partial charge in [-0.3, -0.25) is 4.79 Å². The summed E-state index contributed by atoms with van der Waals surface area (Å²) < 4.78 is 11.1. The first kappa shape index (κ1) is 52.4. The minimum absolute atomic E-state index is 0.296. The normalized spacial score (nSPS) is 22.0. The van der Waals surface area contributed by atoms with Crippen LogP contribution in [0.1, 0.15) is 187 Å². The summed E-state index contributed by atoms with van der Waals surface area (Å²) in [4.78, 5) is 13.0. The van der Waals surface area contributed by atoms with Crippen molar-refractivity contribution in [2.45, 2.75) is 236 Å². The van der Waals surface area contributed by atoms with Gasteiger partial charge in [0.2, 0.25) is 5.91 Å². The molecule has 7 N–H and O–H groups in total. The van der Waals surface area contributed by atoms with Crippen LogP contribution < -0.4 is 5.32 Å². The number of nitrogens with one attached hydrogen (secondary N) is 1. The zero-order valence-electron chi connectivity index (χ0n) is 35.5. The fraction of sp³-hybridized carbons (Fsp3) is 0.848. The van der Waals surface area contributed by atoms with Crippen LogP contribution in [0.25, 0.3) is 0 Å². The van der Waals surface area contributed by atoms with Crippen molar-refractivity contribution in [2.75, 3.05) is 13.2 Å². The molecule has 0 aromatic heterocycles. The third kappa shape index (κ3) is 26.4. The number of aliphatic hydroxyl groups is 6. The van der Waals surface area contributed by atoms with Gasteiger partial charge in [0.05, 0.1) is 25.4 Å². The second kappa shape index (κ2) is 36.4. The highest BCUT2D eigenvalue weighted by molar-refractivity contribution is 5.80. The number of unbranched alkanes of at least 4 members (excludes halogenated alkanes) is 22. The van der Waals surface area contributed by atoms with E-state index < -0.39 is 61.5 Å². The molecular weight excluding hydrogens is 711 g/mol. The van der Waals surface area contributed by atoms with Gasteiger partial charge < -0.3 is 45.4 Å². The summed E-state index contributed by atoms with van der Waals surface area (Å²) in [6.45, 7) is 3.56. The van der Waals surface area contributed by atoms with Crippen molar-refractivity contribution in [3.05, 3.63) is 36.5 Å². The topological polar surface area (TPSA) is 169 Å². The number of carbonyl (C=O) groups excluding carboxylic acids is 1. The van der Waals surface area contributed by atoms with E-state index in [1.54, 1.807) is 6.08 Å². The Morgan fingerprint density at radius 1 is 0.607 bits per heavy atom. The van der Waals surface area contributed by atoms with Crippen molar-refractivity contribution in [3.8, 4) is 0 Å². The van der Waals surface area contributed by atoms with Crippen molar-refractivity contribution >= 4 is 5.91 Å². The third-order valence-corrected chi connectivity index (χ3v) is 10.8. The van der Waals surface area contributed by atoms with E-state index in [1.807, 2.05) is 6.08 Å². The molecule has 0 aliphatic carbocycles. The van der Waals surface area contributed by atoms with E-state index in [0.29, 0.717) is 19.3 Å². The summed E-state index contributed by atoms with van der Waals surface area (Å²) in [5, 5.41) is 64.5. The zero-order valence-corrected chi connectivity index (χ0v) is 35.5. The van der Waals surface area contributed by atoms with Crippen molar-refractivity contribution in [1.82, 2.24) is 5.32 Å². The minimum atomic E-state index is -1.62. The molecule has 0 radical (unpaired) electrons. The number of amides is 1. The fourth-order valence-corrected chi connectivity index (χ4v) is 7.00. The van der Waals surface area contributed by atoms with Gasteiger partial charge >= 0.3 is 0 Å². The SMILES string of the molecule is CCCCCCCCC/C=C/CC/C=C/C(O)C(COC1OC(CO)C(O)C(O)C1O)NC(=O)C(O)CCCCCCCC/C=C\CCCCCCCCCC. The summed E-state index contributed by atoms with van der Waals surface area (Å²) in [5.41, 5.74) is 0. The standard InChI is InChI=1S/C46H85NO9/c1-3-5-7-9-11-13-15-17-18-19-20-21-23-25-27-29-31-33-35-40(50)45(54)47-38(37-55-46-44(53)43(52)42(51)41(36-48)56-46)39(49)34-32-30-28-26-24-22-16-14-12-10-8-6-4-2/h19-20,24,26,32,34,38-44,46,48-53H,3-18,21-23,25,27-31,33,35-37H2,1-2H3,(H,47,54)/b20-19-,26-24+,34-32+. The zero-order chi connectivity index (χ0) is 41.1. The number of ether oxygens (including phenoxy) is 2. The molecule has 1 aliphatic rings. The molecule has 8 atom stereocenters. The Hall–Kier alpha value is -1.63. The Balaban J connectivity index is 2.43. The molecule has 0 aromatic rings. The predicted molar refractivity (Wildman–Crippen MR) is 227 cm³/mol. The molecule has 1 heterocycles. The van der Waals surface area contributed by atoms with E-state index in [1.165, 1.54) is 116 Å². The van der Waals surface area contributed by atoms with Gasteiger partial charge in [0.25, 0.3) is 0 Å². The maximum Gasteiger partial charge on any atom is 0.249 e. The van der Waals surface area contributed by atoms with Gasteiger partial charge in [0.1, 0.15) is 30.5 Å². The van der Waals surface area contributed by atoms with Gasteiger partial charge in [0, 0.05) is 0 Å². The summed E-state index contributed by atoms with van der Waals surface area (Å²) in [5.74, 6) is -0.632. The Kier molecular flexibility index (Phi) is 34.1. The molecular formula is C46H85NO9. The maximum absolute atomic E-state index is 13.0. The lowest BCUT2D eigenvalue weighted by atomic mass is 9.99. The Morgan fingerprint density at radius 2 is 1.05 bits per heavy atom. The third-order valence-electron chi connectivity index (χ3n) is 10.8. The average Bonchev–Trinajstić information content (AvgIpc) is 3.20. The van der Waals surface area contributed by atoms with Crippen molar-refractivity contribution in [1.29, 1.82) is 0 Å². The van der Waals surface area contributed by atoms with Crippen LogP contribution in [-0.2, 0) is 14.3 Å². The molecule has 8 unspecified atom stereocenters. The summed E-state index contributed by atoms with van der Waals surface area (Å²) >= 11 is 0. The molecule has 10 nitrogen and oxygen atoms in total. The van der Waals surface area contributed by atoms with Crippen LogP contribution >= 0.6 is 0 Å². The van der Waals surface area contributed by atoms with Crippen LogP contribution in [0.2, 0.25) is 0 Å². The number of hydrogen-bond acceptors (Lipinski definition) is 9. The Morgan fingerprint density at radius 3 is 1.55 bits per heavy atom. The van der Waals surface area contributed by atoms with Gasteiger partial charge in [-0.05, 0) is 57.8 Å². The molecule has 0 spiro atoms. The van der Waals surface area contributed by atoms with Crippen LogP contribution in [0.4, 0.5) is 0 Å². The lowest BCUT2D eigenvalue weighted by molar-refractivity contribution is -0.302. The number of aliphatic hydroxyl groups excluding tert-OH is 6. The van der Waals surface area contributed by atoms with Crippen LogP contribution in [0.5, 0.6) is 0 Å². The highest BCUT2D eigenvalue weighted by Gasteiger charge is 2.44. The lowest BCUT2D eigenvalue weighted by Crippen LogP contribution is -2.60. The molecule has 1 rings (SSSR count). The Bertz CT molecular complexity index is 990. The highest BCUT2D eigenvalue weighted by atomic mass is 16.7. The van der Waals surface area contributed by atoms with E-state index in [0.717, 1.165) is 38.5 Å². The molecule has 1 amide bonds. The van der Waals surface area contributed by atoms with Crippen LogP contribution in [0.3, 0.4) is 0 Å². The van der Waals surface area contributed by atoms with Gasteiger partial charge in [-0.1, -0.05) is 166 Å². The van der Waals surface area contributed by atoms with Gasteiger partial charge in [-0.2, -0.15) is 0 Å². The molecule has 0 aromatic carbocycles. The van der Waals surface area contributed by atoms with Crippen LogP contribution in [0.15, 0.2) is 36.5 Å². The average molecular weight is 796 g/mol. The van der Waals surface area contributed by atoms with Crippen molar-refractivity contribution < 1.29 is 44.9 Å². The first-order chi connectivity index (χ1) is 27.3. The van der Waals surface area contributed by atoms with Gasteiger partial charge in [0.15, 0.2) is 6.29 Å². The number of carbonyl (C=O) groups is 1.